The van der Waals surface area contributed by atoms with Crippen molar-refractivity contribution in [3.8, 4) is 0 Å². The molecule has 1 aromatic carbocycles. The molecule has 2 aromatic rings. The lowest BCUT2D eigenvalue weighted by Gasteiger charge is -2.16. The minimum atomic E-state index is -0.918. The van der Waals surface area contributed by atoms with Crippen molar-refractivity contribution in [3.05, 3.63) is 40.3 Å². The molecule has 1 heterocycles. The molecule has 0 amide bonds. The van der Waals surface area contributed by atoms with E-state index in [4.69, 9.17) is 0 Å². The van der Waals surface area contributed by atoms with E-state index < -0.39 is 5.97 Å². The van der Waals surface area contributed by atoms with E-state index in [2.05, 4.69) is 10.3 Å². The van der Waals surface area contributed by atoms with Gasteiger partial charge in [0.05, 0.1) is 17.3 Å². The van der Waals surface area contributed by atoms with Gasteiger partial charge in [0.1, 0.15) is 5.01 Å². The maximum atomic E-state index is 11.4. The summed E-state index contributed by atoms with van der Waals surface area (Å²) in [6.07, 6.45) is 3.62. The molecule has 1 unspecified atom stereocenters. The SMILES string of the molecule is CSc1cccc(NC(C)c2nccs2)c1C(=O)O. The minimum Gasteiger partial charge on any atom is -0.478 e. The van der Waals surface area contributed by atoms with Crippen LogP contribution >= 0.6 is 23.1 Å². The molecule has 100 valence electrons. The summed E-state index contributed by atoms with van der Waals surface area (Å²) in [6, 6.07) is 5.44. The number of carboxylic acid groups (broad SMARTS) is 1. The maximum absolute atomic E-state index is 11.4. The number of carbonyl (C=O) groups is 1. The highest BCUT2D eigenvalue weighted by Crippen LogP contribution is 2.30. The first kappa shape index (κ1) is 13.9. The minimum absolute atomic E-state index is 0.0183. The molecule has 6 heteroatoms. The molecule has 0 radical (unpaired) electrons. The zero-order valence-electron chi connectivity index (χ0n) is 10.6. The van der Waals surface area contributed by atoms with Gasteiger partial charge in [-0.05, 0) is 25.3 Å². The third-order valence-corrected chi connectivity index (χ3v) is 4.39. The summed E-state index contributed by atoms with van der Waals surface area (Å²) in [6.45, 7) is 1.97. The van der Waals surface area contributed by atoms with Crippen LogP contribution < -0.4 is 5.32 Å². The number of thiazole rings is 1. The Hall–Kier alpha value is -1.53. The fourth-order valence-electron chi connectivity index (χ4n) is 1.79. The fourth-order valence-corrected chi connectivity index (χ4v) is 3.05. The normalized spacial score (nSPS) is 12.1. The summed E-state index contributed by atoms with van der Waals surface area (Å²) in [5.74, 6) is -0.918. The second kappa shape index (κ2) is 6.08. The van der Waals surface area contributed by atoms with Crippen LogP contribution in [0.4, 0.5) is 5.69 Å². The van der Waals surface area contributed by atoms with Crippen LogP contribution in [0.1, 0.15) is 28.3 Å². The van der Waals surface area contributed by atoms with Gasteiger partial charge in [0.15, 0.2) is 0 Å². The van der Waals surface area contributed by atoms with Crippen molar-refractivity contribution < 1.29 is 9.90 Å². The molecule has 0 fully saturated rings. The van der Waals surface area contributed by atoms with Gasteiger partial charge in [-0.3, -0.25) is 0 Å². The number of nitrogens with zero attached hydrogens (tertiary/aromatic N) is 1. The second-order valence-corrected chi connectivity index (χ2v) is 5.70. The number of thioether (sulfide) groups is 1. The van der Waals surface area contributed by atoms with Crippen LogP contribution in [0.25, 0.3) is 0 Å². The zero-order valence-corrected chi connectivity index (χ0v) is 12.2. The Balaban J connectivity index is 2.32. The number of aromatic nitrogens is 1. The van der Waals surface area contributed by atoms with E-state index in [1.807, 2.05) is 30.7 Å². The third kappa shape index (κ3) is 3.08. The largest absolute Gasteiger partial charge is 0.478 e. The Morgan fingerprint density at radius 2 is 2.32 bits per heavy atom. The Morgan fingerprint density at radius 3 is 2.89 bits per heavy atom. The first-order valence-corrected chi connectivity index (χ1v) is 7.80. The lowest BCUT2D eigenvalue weighted by molar-refractivity contribution is 0.0694. The molecule has 0 bridgehead atoms. The van der Waals surface area contributed by atoms with Crippen LogP contribution in [0.15, 0.2) is 34.7 Å². The summed E-state index contributed by atoms with van der Waals surface area (Å²) >= 11 is 2.98. The average molecular weight is 294 g/mol. The Bertz CT molecular complexity index is 570. The second-order valence-electron chi connectivity index (χ2n) is 3.92. The van der Waals surface area contributed by atoms with Crippen LogP contribution in [-0.2, 0) is 0 Å². The molecule has 0 aliphatic heterocycles. The van der Waals surface area contributed by atoms with E-state index in [1.54, 1.807) is 23.6 Å². The van der Waals surface area contributed by atoms with Gasteiger partial charge in [0, 0.05) is 16.5 Å². The predicted octanol–water partition coefficient (Wildman–Crippen LogP) is 3.74. The quantitative estimate of drug-likeness (QED) is 0.823. The van der Waals surface area contributed by atoms with Crippen molar-refractivity contribution >= 4 is 34.8 Å². The lowest BCUT2D eigenvalue weighted by atomic mass is 10.1. The number of rotatable bonds is 5. The van der Waals surface area contributed by atoms with Gasteiger partial charge in [-0.2, -0.15) is 0 Å². The van der Waals surface area contributed by atoms with Gasteiger partial charge in [-0.15, -0.1) is 23.1 Å². The highest BCUT2D eigenvalue weighted by atomic mass is 32.2. The average Bonchev–Trinajstić information content (AvgIpc) is 2.92. The molecule has 0 aliphatic carbocycles. The van der Waals surface area contributed by atoms with Crippen LogP contribution in [0.3, 0.4) is 0 Å². The van der Waals surface area contributed by atoms with Gasteiger partial charge in [0.25, 0.3) is 0 Å². The van der Waals surface area contributed by atoms with E-state index >= 15 is 0 Å². The zero-order chi connectivity index (χ0) is 13.8. The highest BCUT2D eigenvalue weighted by molar-refractivity contribution is 7.98. The van der Waals surface area contributed by atoms with Crippen molar-refractivity contribution in [3.63, 3.8) is 0 Å². The van der Waals surface area contributed by atoms with Gasteiger partial charge in [-0.1, -0.05) is 6.07 Å². The predicted molar refractivity (Wildman–Crippen MR) is 79.3 cm³/mol. The third-order valence-electron chi connectivity index (χ3n) is 2.65. The van der Waals surface area contributed by atoms with Crippen molar-refractivity contribution in [2.45, 2.75) is 17.9 Å². The summed E-state index contributed by atoms with van der Waals surface area (Å²) in [4.78, 5) is 16.4. The van der Waals surface area contributed by atoms with E-state index in [1.165, 1.54) is 11.8 Å². The number of anilines is 1. The van der Waals surface area contributed by atoms with Gasteiger partial charge < -0.3 is 10.4 Å². The molecule has 4 nitrogen and oxygen atoms in total. The molecular formula is C13H14N2O2S2. The monoisotopic (exact) mass is 294 g/mol. The van der Waals surface area contributed by atoms with Gasteiger partial charge in [-0.25, -0.2) is 9.78 Å². The fraction of sp³-hybridized carbons (Fsp3) is 0.231. The lowest BCUT2D eigenvalue weighted by Crippen LogP contribution is -2.11. The van der Waals surface area contributed by atoms with Crippen molar-refractivity contribution in [2.24, 2.45) is 0 Å². The summed E-state index contributed by atoms with van der Waals surface area (Å²) in [7, 11) is 0. The van der Waals surface area contributed by atoms with E-state index in [9.17, 15) is 9.90 Å². The van der Waals surface area contributed by atoms with Crippen LogP contribution in [0.2, 0.25) is 0 Å². The molecule has 0 saturated carbocycles. The summed E-state index contributed by atoms with van der Waals surface area (Å²) in [5, 5.41) is 15.4. The molecule has 1 aromatic heterocycles. The van der Waals surface area contributed by atoms with Gasteiger partial charge >= 0.3 is 5.97 Å². The molecule has 2 N–H and O–H groups in total. The smallest absolute Gasteiger partial charge is 0.338 e. The molecule has 19 heavy (non-hydrogen) atoms. The number of benzene rings is 1. The van der Waals surface area contributed by atoms with Crippen molar-refractivity contribution in [1.29, 1.82) is 0 Å². The standard InChI is InChI=1S/C13H14N2O2S2/c1-8(12-14-6-7-19-12)15-9-4-3-5-10(18-2)11(9)13(16)17/h3-8,15H,1-2H3,(H,16,17). The van der Waals surface area contributed by atoms with Gasteiger partial charge in [0.2, 0.25) is 0 Å². The molecule has 0 spiro atoms. The molecule has 0 aliphatic rings. The molecule has 2 rings (SSSR count). The highest BCUT2D eigenvalue weighted by Gasteiger charge is 2.17. The first-order valence-electron chi connectivity index (χ1n) is 5.69. The summed E-state index contributed by atoms with van der Waals surface area (Å²) < 4.78 is 0. The Labute approximate surface area is 119 Å². The topological polar surface area (TPSA) is 62.2 Å². The van der Waals surface area contributed by atoms with E-state index in [0.29, 0.717) is 11.3 Å². The maximum Gasteiger partial charge on any atom is 0.338 e. The molecule has 0 saturated heterocycles. The van der Waals surface area contributed by atoms with Crippen LogP contribution in [0.5, 0.6) is 0 Å². The number of hydrogen-bond acceptors (Lipinski definition) is 5. The van der Waals surface area contributed by atoms with Crippen LogP contribution in [0, 0.1) is 0 Å². The van der Waals surface area contributed by atoms with E-state index in [0.717, 1.165) is 9.90 Å². The molecule has 1 atom stereocenters. The van der Waals surface area contributed by atoms with Crippen LogP contribution in [-0.4, -0.2) is 22.3 Å². The summed E-state index contributed by atoms with van der Waals surface area (Å²) in [5.41, 5.74) is 0.945. The number of hydrogen-bond donors (Lipinski definition) is 2. The number of aromatic carboxylic acids is 1. The first-order chi connectivity index (χ1) is 9.13. The number of carboxylic acids is 1. The van der Waals surface area contributed by atoms with Crippen molar-refractivity contribution in [2.75, 3.05) is 11.6 Å². The molecular weight excluding hydrogens is 280 g/mol. The Kier molecular flexibility index (Phi) is 4.44. The van der Waals surface area contributed by atoms with Crippen molar-refractivity contribution in [1.82, 2.24) is 4.98 Å². The Morgan fingerprint density at radius 1 is 1.53 bits per heavy atom. The number of nitrogens with one attached hydrogen (secondary N) is 1. The van der Waals surface area contributed by atoms with E-state index in [-0.39, 0.29) is 6.04 Å².